The Kier molecular flexibility index (Phi) is 17.3. The van der Waals surface area contributed by atoms with E-state index in [1.165, 1.54) is 87.0 Å². The maximum Gasteiger partial charge on any atom is 0.377 e. The van der Waals surface area contributed by atoms with Crippen LogP contribution in [0.3, 0.4) is 0 Å². The van der Waals surface area contributed by atoms with E-state index in [0.717, 1.165) is 26.2 Å². The first-order valence-electron chi connectivity index (χ1n) is 16.9. The van der Waals surface area contributed by atoms with Gasteiger partial charge in [0.1, 0.15) is 0 Å². The zero-order valence-electron chi connectivity index (χ0n) is 27.7. The maximum atomic E-state index is 10.7. The number of ketones is 2. The molecule has 4 atom stereocenters. The van der Waals surface area contributed by atoms with Gasteiger partial charge in [0.2, 0.25) is 0 Å². The molecule has 2 aliphatic carbocycles. The molecule has 12 heteroatoms. The van der Waals surface area contributed by atoms with Gasteiger partial charge < -0.3 is 31.5 Å². The quantitative estimate of drug-likeness (QED) is 0.132. The van der Waals surface area contributed by atoms with Crippen LogP contribution in [0.25, 0.3) is 0 Å². The number of carboxylic acid groups (broad SMARTS) is 2. The van der Waals surface area contributed by atoms with Gasteiger partial charge in [-0.05, 0) is 37.8 Å². The Morgan fingerprint density at radius 2 is 0.857 bits per heavy atom. The van der Waals surface area contributed by atoms with Gasteiger partial charge in [0.05, 0.1) is 11.4 Å². The van der Waals surface area contributed by atoms with E-state index in [-0.39, 0.29) is 28.2 Å². The Hall–Kier alpha value is -3.77. The average molecular weight is 713 g/mol. The number of Topliss-reactive ketones (excluding diaryl/α,β-unsaturated/α-hetero) is 2. The summed E-state index contributed by atoms with van der Waals surface area (Å²) in [6, 6.07) is 24.6. The predicted octanol–water partition coefficient (Wildman–Crippen LogP) is 3.98. The standard InChI is InChI=1S/C21H35N5.2C8H6O3.Mn/c1-3-10-20-18(8-1)22-12-13-23-19-9-2-4-11-21(19)25-15-17-7-5-6-16(26-17)14-24-20;2*9-7(8(10)11)6-4-2-1-3-5-6;/h5-7,18-25H,1-4,8-15H2;2*1-5H,(H,10,11);/t18-,19-,20-,21-;;;/m0.../s1. The number of rotatable bonds is 4. The third kappa shape index (κ3) is 13.2. The third-order valence-corrected chi connectivity index (χ3v) is 8.89. The smallest absolute Gasteiger partial charge is 0.377 e. The summed E-state index contributed by atoms with van der Waals surface area (Å²) >= 11 is 0. The second kappa shape index (κ2) is 21.3. The summed E-state index contributed by atoms with van der Waals surface area (Å²) in [7, 11) is 0. The van der Waals surface area contributed by atoms with E-state index in [1.54, 1.807) is 36.4 Å². The molecule has 2 bridgehead atoms. The van der Waals surface area contributed by atoms with E-state index in [9.17, 15) is 19.2 Å². The number of aromatic nitrogens is 1. The van der Waals surface area contributed by atoms with E-state index >= 15 is 0 Å². The van der Waals surface area contributed by atoms with Crippen molar-refractivity contribution in [3.63, 3.8) is 0 Å². The summed E-state index contributed by atoms with van der Waals surface area (Å²) in [4.78, 5) is 46.7. The molecular formula is C37H47MnN5O6. The molecule has 6 rings (SSSR count). The van der Waals surface area contributed by atoms with Gasteiger partial charge in [-0.3, -0.25) is 14.6 Å². The van der Waals surface area contributed by atoms with Crippen LogP contribution >= 0.6 is 0 Å². The Bertz CT molecular complexity index is 1370. The number of nitrogens with one attached hydrogen (secondary N) is 4. The zero-order chi connectivity index (χ0) is 34.1. The van der Waals surface area contributed by atoms with E-state index in [1.807, 2.05) is 0 Å². The first-order valence-corrected chi connectivity index (χ1v) is 16.9. The van der Waals surface area contributed by atoms with Crippen molar-refractivity contribution in [3.8, 4) is 0 Å². The molecule has 2 heterocycles. The molecule has 2 saturated carbocycles. The van der Waals surface area contributed by atoms with Crippen molar-refractivity contribution in [2.24, 2.45) is 0 Å². The molecule has 2 aromatic carbocycles. The normalized spacial score (nSPS) is 22.1. The number of carboxylic acids is 2. The fourth-order valence-electron chi connectivity index (χ4n) is 6.38. The van der Waals surface area contributed by atoms with E-state index in [4.69, 9.17) is 15.2 Å². The second-order valence-corrected chi connectivity index (χ2v) is 12.3. The van der Waals surface area contributed by atoms with Crippen LogP contribution in [0, 0.1) is 0 Å². The van der Waals surface area contributed by atoms with Crippen molar-refractivity contribution < 1.29 is 46.5 Å². The molecule has 0 amide bonds. The molecule has 0 saturated heterocycles. The Balaban J connectivity index is 0.000000235. The minimum Gasteiger partial charge on any atom is -0.475 e. The van der Waals surface area contributed by atoms with Gasteiger partial charge >= 0.3 is 11.9 Å². The number of aliphatic carboxylic acids is 2. The molecule has 0 unspecified atom stereocenters. The van der Waals surface area contributed by atoms with Crippen molar-refractivity contribution in [1.29, 1.82) is 0 Å². The maximum absolute atomic E-state index is 10.7. The van der Waals surface area contributed by atoms with Gasteiger partial charge in [-0.25, -0.2) is 9.59 Å². The van der Waals surface area contributed by atoms with Gasteiger partial charge in [-0.1, -0.05) is 92.4 Å². The van der Waals surface area contributed by atoms with Crippen molar-refractivity contribution in [1.82, 2.24) is 26.3 Å². The Labute approximate surface area is 298 Å². The topological polar surface area (TPSA) is 170 Å². The fraction of sp³-hybridized carbons (Fsp3) is 0.432. The first-order chi connectivity index (χ1) is 23.3. The largest absolute Gasteiger partial charge is 0.475 e. The van der Waals surface area contributed by atoms with Crippen LogP contribution < -0.4 is 21.3 Å². The van der Waals surface area contributed by atoms with Crippen LogP contribution in [0.5, 0.6) is 0 Å². The summed E-state index contributed by atoms with van der Waals surface area (Å²) < 4.78 is 0. The first kappa shape index (κ1) is 39.7. The fourth-order valence-corrected chi connectivity index (χ4v) is 6.38. The molecule has 6 N–H and O–H groups in total. The molecule has 263 valence electrons. The summed E-state index contributed by atoms with van der Waals surface area (Å²) in [5, 5.41) is 31.8. The number of carbonyl (C=O) groups excluding carboxylic acids is 2. The van der Waals surface area contributed by atoms with Crippen molar-refractivity contribution in [2.75, 3.05) is 13.1 Å². The monoisotopic (exact) mass is 712 g/mol. The van der Waals surface area contributed by atoms with Gasteiger partial charge in [0.15, 0.2) is 0 Å². The molecule has 1 aromatic heterocycles. The number of fused-ring (bicyclic) bond motifs is 4. The van der Waals surface area contributed by atoms with E-state index in [2.05, 4.69) is 39.5 Å². The van der Waals surface area contributed by atoms with Gasteiger partial charge in [0, 0.05) is 78.5 Å². The van der Waals surface area contributed by atoms with Gasteiger partial charge in [-0.2, -0.15) is 0 Å². The summed E-state index contributed by atoms with van der Waals surface area (Å²) in [6.45, 7) is 3.89. The van der Waals surface area contributed by atoms with E-state index in [0.29, 0.717) is 24.2 Å². The van der Waals surface area contributed by atoms with E-state index < -0.39 is 23.5 Å². The molecule has 1 radical (unpaired) electrons. The van der Waals surface area contributed by atoms with Crippen LogP contribution in [0.15, 0.2) is 78.9 Å². The minimum atomic E-state index is -1.42. The average Bonchev–Trinajstić information content (AvgIpc) is 3.13. The van der Waals surface area contributed by atoms with Crippen molar-refractivity contribution >= 4 is 23.5 Å². The number of nitrogens with zero attached hydrogens (tertiary/aromatic N) is 1. The summed E-state index contributed by atoms with van der Waals surface area (Å²) in [5.41, 5.74) is 2.75. The van der Waals surface area contributed by atoms with Crippen molar-refractivity contribution in [2.45, 2.75) is 88.6 Å². The SMILES string of the molecule is O=C(O)C(=O)c1ccccc1.O=C(O)C(=O)c1ccccc1.[Mn].c1cc2nc(c1)CN[C@H]1CCCC[C@@H]1NCCN[C@H]1CCCC[C@@H]1NC2. The van der Waals surface area contributed by atoms with Gasteiger partial charge in [-0.15, -0.1) is 0 Å². The molecular weight excluding hydrogens is 665 g/mol. The summed E-state index contributed by atoms with van der Waals surface area (Å²) in [6.07, 6.45) is 10.5. The zero-order valence-corrected chi connectivity index (χ0v) is 28.8. The molecule has 49 heavy (non-hydrogen) atoms. The second-order valence-electron chi connectivity index (χ2n) is 12.3. The summed E-state index contributed by atoms with van der Waals surface area (Å²) in [5.74, 6) is -4.58. The molecule has 3 aliphatic rings. The molecule has 3 aromatic rings. The molecule has 0 spiro atoms. The van der Waals surface area contributed by atoms with Gasteiger partial charge in [0.25, 0.3) is 11.6 Å². The van der Waals surface area contributed by atoms with Crippen LogP contribution in [0.1, 0.15) is 83.5 Å². The van der Waals surface area contributed by atoms with Crippen LogP contribution in [-0.2, 0) is 39.7 Å². The van der Waals surface area contributed by atoms with Crippen LogP contribution in [-0.4, -0.2) is 76.0 Å². The predicted molar refractivity (Wildman–Crippen MR) is 183 cm³/mol. The number of hydrogen-bond donors (Lipinski definition) is 6. The molecule has 11 nitrogen and oxygen atoms in total. The number of pyridine rings is 1. The number of hydrogen-bond acceptors (Lipinski definition) is 9. The molecule has 2 fully saturated rings. The third-order valence-electron chi connectivity index (χ3n) is 8.89. The number of carbonyl (C=O) groups is 4. The molecule has 1 aliphatic heterocycles. The Morgan fingerprint density at radius 1 is 0.510 bits per heavy atom. The van der Waals surface area contributed by atoms with Crippen LogP contribution in [0.4, 0.5) is 0 Å². The van der Waals surface area contributed by atoms with Crippen LogP contribution in [0.2, 0.25) is 0 Å². The number of benzene rings is 2. The van der Waals surface area contributed by atoms with Crippen molar-refractivity contribution in [3.05, 3.63) is 101 Å². The Morgan fingerprint density at radius 3 is 1.20 bits per heavy atom. The minimum absolute atomic E-state index is 0.